The normalized spacial score (nSPS) is 17.2. The van der Waals surface area contributed by atoms with E-state index >= 15 is 0 Å². The number of benzene rings is 1. The maximum atomic E-state index is 5.36. The molecule has 2 heterocycles. The fourth-order valence-corrected chi connectivity index (χ4v) is 2.14. The summed E-state index contributed by atoms with van der Waals surface area (Å²) in [5.74, 6) is 0. The number of anilines is 1. The lowest BCUT2D eigenvalue weighted by molar-refractivity contribution is 0.123. The van der Waals surface area contributed by atoms with Gasteiger partial charge in [-0.15, -0.1) is 0 Å². The number of para-hydroxylation sites is 1. The van der Waals surface area contributed by atoms with Gasteiger partial charge in [-0.05, 0) is 12.1 Å². The third kappa shape index (κ3) is 1.49. The van der Waals surface area contributed by atoms with Crippen molar-refractivity contribution in [3.63, 3.8) is 0 Å². The van der Waals surface area contributed by atoms with Crippen molar-refractivity contribution in [1.82, 2.24) is 4.98 Å². The van der Waals surface area contributed by atoms with Crippen LogP contribution in [0.25, 0.3) is 10.9 Å². The van der Waals surface area contributed by atoms with Gasteiger partial charge in [-0.3, -0.25) is 0 Å². The van der Waals surface area contributed by atoms with Gasteiger partial charge in [0.1, 0.15) is 0 Å². The number of H-pyrrole nitrogens is 1. The van der Waals surface area contributed by atoms with E-state index in [1.807, 2.05) is 6.20 Å². The van der Waals surface area contributed by atoms with E-state index in [1.165, 1.54) is 16.6 Å². The van der Waals surface area contributed by atoms with Crippen LogP contribution >= 0.6 is 0 Å². The summed E-state index contributed by atoms with van der Waals surface area (Å²) < 4.78 is 5.36. The van der Waals surface area contributed by atoms with Gasteiger partial charge in [0.2, 0.25) is 0 Å². The Morgan fingerprint density at radius 3 is 2.87 bits per heavy atom. The minimum atomic E-state index is 0.830. The Labute approximate surface area is 88.6 Å². The van der Waals surface area contributed by atoms with Crippen LogP contribution in [0, 0.1) is 0 Å². The van der Waals surface area contributed by atoms with E-state index in [2.05, 4.69) is 34.1 Å². The first-order valence-corrected chi connectivity index (χ1v) is 5.34. The number of nitrogens with one attached hydrogen (secondary N) is 1. The molecule has 1 aliphatic rings. The standard InChI is InChI=1S/C12H14N2O/c1-2-10-4-5-13-12(10)11(3-1)14-6-8-15-9-7-14/h1-5,13H,6-9H2. The van der Waals surface area contributed by atoms with Crippen molar-refractivity contribution in [2.45, 2.75) is 0 Å². The SMILES string of the molecule is c1cc(N2CCOCC2)c2[nH]ccc2c1. The van der Waals surface area contributed by atoms with E-state index in [0.29, 0.717) is 0 Å². The first-order chi connectivity index (χ1) is 7.45. The molecule has 0 amide bonds. The largest absolute Gasteiger partial charge is 0.378 e. The second-order valence-electron chi connectivity index (χ2n) is 3.82. The van der Waals surface area contributed by atoms with Crippen LogP contribution in [0.2, 0.25) is 0 Å². The van der Waals surface area contributed by atoms with E-state index in [1.54, 1.807) is 0 Å². The maximum Gasteiger partial charge on any atom is 0.0691 e. The zero-order valence-electron chi connectivity index (χ0n) is 8.57. The highest BCUT2D eigenvalue weighted by molar-refractivity contribution is 5.91. The minimum Gasteiger partial charge on any atom is -0.378 e. The van der Waals surface area contributed by atoms with Gasteiger partial charge in [0.05, 0.1) is 24.4 Å². The van der Waals surface area contributed by atoms with E-state index in [4.69, 9.17) is 4.74 Å². The molecule has 0 bridgehead atoms. The molecule has 3 heteroatoms. The van der Waals surface area contributed by atoms with Crippen LogP contribution in [0.5, 0.6) is 0 Å². The Morgan fingerprint density at radius 1 is 1.13 bits per heavy atom. The summed E-state index contributed by atoms with van der Waals surface area (Å²) >= 11 is 0. The summed E-state index contributed by atoms with van der Waals surface area (Å²) in [6, 6.07) is 8.53. The number of aromatic amines is 1. The molecule has 15 heavy (non-hydrogen) atoms. The summed E-state index contributed by atoms with van der Waals surface area (Å²) in [6.45, 7) is 3.63. The van der Waals surface area contributed by atoms with Gasteiger partial charge in [0, 0.05) is 24.7 Å². The number of aromatic nitrogens is 1. The van der Waals surface area contributed by atoms with E-state index < -0.39 is 0 Å². The Balaban J connectivity index is 2.05. The number of rotatable bonds is 1. The smallest absolute Gasteiger partial charge is 0.0691 e. The fraction of sp³-hybridized carbons (Fsp3) is 0.333. The molecule has 0 atom stereocenters. The van der Waals surface area contributed by atoms with Crippen molar-refractivity contribution in [1.29, 1.82) is 0 Å². The lowest BCUT2D eigenvalue weighted by Crippen LogP contribution is -2.36. The number of hydrogen-bond donors (Lipinski definition) is 1. The zero-order chi connectivity index (χ0) is 10.1. The van der Waals surface area contributed by atoms with E-state index in [0.717, 1.165) is 26.3 Å². The second-order valence-corrected chi connectivity index (χ2v) is 3.82. The average molecular weight is 202 g/mol. The van der Waals surface area contributed by atoms with Gasteiger partial charge < -0.3 is 14.6 Å². The van der Waals surface area contributed by atoms with Crippen LogP contribution in [0.3, 0.4) is 0 Å². The lowest BCUT2D eigenvalue weighted by atomic mass is 10.2. The van der Waals surface area contributed by atoms with Crippen LogP contribution < -0.4 is 4.90 Å². The first kappa shape index (κ1) is 8.80. The summed E-state index contributed by atoms with van der Waals surface area (Å²) in [4.78, 5) is 5.68. The summed E-state index contributed by atoms with van der Waals surface area (Å²) in [5.41, 5.74) is 2.53. The molecule has 1 fully saturated rings. The van der Waals surface area contributed by atoms with Crippen LogP contribution in [-0.4, -0.2) is 31.3 Å². The molecule has 78 valence electrons. The molecule has 0 unspecified atom stereocenters. The van der Waals surface area contributed by atoms with Gasteiger partial charge >= 0.3 is 0 Å². The van der Waals surface area contributed by atoms with E-state index in [9.17, 15) is 0 Å². The van der Waals surface area contributed by atoms with Gasteiger partial charge in [0.25, 0.3) is 0 Å². The Bertz CT molecular complexity index is 457. The third-order valence-corrected chi connectivity index (χ3v) is 2.92. The highest BCUT2D eigenvalue weighted by Crippen LogP contribution is 2.25. The molecule has 3 nitrogen and oxygen atoms in total. The fourth-order valence-electron chi connectivity index (χ4n) is 2.14. The molecule has 0 spiro atoms. The van der Waals surface area contributed by atoms with Crippen molar-refractivity contribution < 1.29 is 4.74 Å². The summed E-state index contributed by atoms with van der Waals surface area (Å²) in [6.07, 6.45) is 1.99. The van der Waals surface area contributed by atoms with Crippen molar-refractivity contribution in [2.75, 3.05) is 31.2 Å². The molecule has 1 aliphatic heterocycles. The number of fused-ring (bicyclic) bond motifs is 1. The molecule has 0 aliphatic carbocycles. The minimum absolute atomic E-state index is 0.830. The van der Waals surface area contributed by atoms with Crippen molar-refractivity contribution in [3.05, 3.63) is 30.5 Å². The van der Waals surface area contributed by atoms with Crippen LogP contribution in [-0.2, 0) is 4.74 Å². The number of ether oxygens (including phenoxy) is 1. The molecule has 1 aromatic carbocycles. The van der Waals surface area contributed by atoms with Crippen molar-refractivity contribution in [2.24, 2.45) is 0 Å². The van der Waals surface area contributed by atoms with Crippen molar-refractivity contribution in [3.8, 4) is 0 Å². The molecular weight excluding hydrogens is 188 g/mol. The van der Waals surface area contributed by atoms with Crippen molar-refractivity contribution >= 4 is 16.6 Å². The molecule has 1 saturated heterocycles. The monoisotopic (exact) mass is 202 g/mol. The number of morpholine rings is 1. The maximum absolute atomic E-state index is 5.36. The Hall–Kier alpha value is -1.48. The molecule has 0 radical (unpaired) electrons. The van der Waals surface area contributed by atoms with Gasteiger partial charge in [0.15, 0.2) is 0 Å². The Morgan fingerprint density at radius 2 is 2.00 bits per heavy atom. The van der Waals surface area contributed by atoms with E-state index in [-0.39, 0.29) is 0 Å². The molecule has 0 saturated carbocycles. The second kappa shape index (κ2) is 3.59. The zero-order valence-corrected chi connectivity index (χ0v) is 8.57. The van der Waals surface area contributed by atoms with Gasteiger partial charge in [-0.2, -0.15) is 0 Å². The van der Waals surface area contributed by atoms with Crippen LogP contribution in [0.15, 0.2) is 30.5 Å². The highest BCUT2D eigenvalue weighted by atomic mass is 16.5. The molecule has 2 aromatic rings. The third-order valence-electron chi connectivity index (χ3n) is 2.92. The topological polar surface area (TPSA) is 28.3 Å². The quantitative estimate of drug-likeness (QED) is 0.766. The lowest BCUT2D eigenvalue weighted by Gasteiger charge is -2.29. The summed E-state index contributed by atoms with van der Waals surface area (Å²) in [5, 5.41) is 1.28. The summed E-state index contributed by atoms with van der Waals surface area (Å²) in [7, 11) is 0. The molecule has 3 rings (SSSR count). The van der Waals surface area contributed by atoms with Crippen LogP contribution in [0.4, 0.5) is 5.69 Å². The number of nitrogens with zero attached hydrogens (tertiary/aromatic N) is 1. The molecule has 1 aromatic heterocycles. The van der Waals surface area contributed by atoms with Crippen LogP contribution in [0.1, 0.15) is 0 Å². The molecular formula is C12H14N2O. The molecule has 1 N–H and O–H groups in total. The highest BCUT2D eigenvalue weighted by Gasteiger charge is 2.13. The predicted octanol–water partition coefficient (Wildman–Crippen LogP) is 2.00. The number of hydrogen-bond acceptors (Lipinski definition) is 2. The van der Waals surface area contributed by atoms with Gasteiger partial charge in [-0.25, -0.2) is 0 Å². The van der Waals surface area contributed by atoms with Gasteiger partial charge in [-0.1, -0.05) is 12.1 Å². The average Bonchev–Trinajstić information content (AvgIpc) is 2.78. The Kier molecular flexibility index (Phi) is 2.10. The predicted molar refractivity (Wildman–Crippen MR) is 61.3 cm³/mol. The first-order valence-electron chi connectivity index (χ1n) is 5.34.